The molecule has 1 nitrogen and oxygen atoms in total. The molecule has 0 amide bonds. The molecule has 1 aromatic rings. The maximum absolute atomic E-state index is 4.22. The van der Waals surface area contributed by atoms with Gasteiger partial charge in [0.15, 0.2) is 0 Å². The van der Waals surface area contributed by atoms with Gasteiger partial charge in [0.2, 0.25) is 0 Å². The average Bonchev–Trinajstić information content (AvgIpc) is 1.95. The van der Waals surface area contributed by atoms with Gasteiger partial charge in [-0.05, 0) is 32.4 Å². The molecule has 1 aromatic carbocycles. The number of nitrogens with zero attached hydrogens (tertiary/aromatic N) is 1. The molecule has 1 rings (SSSR count). The van der Waals surface area contributed by atoms with E-state index in [1.165, 1.54) is 11.1 Å². The van der Waals surface area contributed by atoms with Crippen LogP contribution >= 0.6 is 0 Å². The summed E-state index contributed by atoms with van der Waals surface area (Å²) in [6.45, 7) is 6.10. The van der Waals surface area contributed by atoms with Crippen LogP contribution in [-0.4, -0.2) is 6.21 Å². The summed E-state index contributed by atoms with van der Waals surface area (Å²) in [6, 6.07) is 6.27. The van der Waals surface area contributed by atoms with E-state index in [0.29, 0.717) is 0 Å². The Labute approximate surface area is 67.8 Å². The van der Waals surface area contributed by atoms with Gasteiger partial charge in [0.1, 0.15) is 0 Å². The van der Waals surface area contributed by atoms with Crippen molar-refractivity contribution in [1.29, 1.82) is 0 Å². The standard InChI is InChI=1S/C10H13N/c1-4-11-10-6-5-8(2)7-9(10)3/h4-7H,1-3H3. The second-order valence-corrected chi connectivity index (χ2v) is 2.68. The monoisotopic (exact) mass is 147 g/mol. The molecule has 0 saturated heterocycles. The van der Waals surface area contributed by atoms with Crippen LogP contribution in [0.5, 0.6) is 0 Å². The normalized spacial score (nSPS) is 10.8. The van der Waals surface area contributed by atoms with Crippen LogP contribution in [0.1, 0.15) is 18.1 Å². The lowest BCUT2D eigenvalue weighted by molar-refractivity contribution is 1.35. The molecular weight excluding hydrogens is 134 g/mol. The lowest BCUT2D eigenvalue weighted by Crippen LogP contribution is -1.76. The van der Waals surface area contributed by atoms with Gasteiger partial charge in [0.25, 0.3) is 0 Å². The maximum atomic E-state index is 4.22. The van der Waals surface area contributed by atoms with E-state index in [2.05, 4.69) is 31.0 Å². The van der Waals surface area contributed by atoms with Crippen LogP contribution in [-0.2, 0) is 0 Å². The zero-order valence-corrected chi connectivity index (χ0v) is 7.26. The van der Waals surface area contributed by atoms with Gasteiger partial charge in [-0.25, -0.2) is 0 Å². The van der Waals surface area contributed by atoms with Gasteiger partial charge in [0, 0.05) is 6.21 Å². The van der Waals surface area contributed by atoms with Crippen molar-refractivity contribution in [3.63, 3.8) is 0 Å². The van der Waals surface area contributed by atoms with E-state index in [1.807, 2.05) is 19.2 Å². The van der Waals surface area contributed by atoms with Gasteiger partial charge in [0.05, 0.1) is 5.69 Å². The highest BCUT2D eigenvalue weighted by atomic mass is 14.7. The first-order chi connectivity index (χ1) is 5.24. The quantitative estimate of drug-likeness (QED) is 0.541. The molecule has 58 valence electrons. The summed E-state index contributed by atoms with van der Waals surface area (Å²) in [5, 5.41) is 0. The molecule has 0 spiro atoms. The van der Waals surface area contributed by atoms with Gasteiger partial charge < -0.3 is 0 Å². The third-order valence-corrected chi connectivity index (χ3v) is 1.62. The highest BCUT2D eigenvalue weighted by Crippen LogP contribution is 2.18. The lowest BCUT2D eigenvalue weighted by Gasteiger charge is -1.99. The number of rotatable bonds is 1. The van der Waals surface area contributed by atoms with Gasteiger partial charge in [-0.2, -0.15) is 0 Å². The highest BCUT2D eigenvalue weighted by Gasteiger charge is 1.93. The number of aliphatic imine (C=N–C) groups is 1. The second kappa shape index (κ2) is 3.33. The van der Waals surface area contributed by atoms with Crippen LogP contribution in [0.25, 0.3) is 0 Å². The van der Waals surface area contributed by atoms with Crippen molar-refractivity contribution < 1.29 is 0 Å². The van der Waals surface area contributed by atoms with Gasteiger partial charge >= 0.3 is 0 Å². The van der Waals surface area contributed by atoms with Gasteiger partial charge in [-0.3, -0.25) is 4.99 Å². The van der Waals surface area contributed by atoms with Crippen LogP contribution in [0.3, 0.4) is 0 Å². The van der Waals surface area contributed by atoms with Crippen LogP contribution < -0.4 is 0 Å². The fraction of sp³-hybridized carbons (Fsp3) is 0.300. The third-order valence-electron chi connectivity index (χ3n) is 1.62. The predicted octanol–water partition coefficient (Wildman–Crippen LogP) is 3.03. The summed E-state index contributed by atoms with van der Waals surface area (Å²) in [7, 11) is 0. The number of benzene rings is 1. The largest absolute Gasteiger partial charge is 0.261 e. The zero-order chi connectivity index (χ0) is 8.27. The summed E-state index contributed by atoms with van der Waals surface area (Å²) < 4.78 is 0. The fourth-order valence-electron chi connectivity index (χ4n) is 1.09. The molecule has 0 radical (unpaired) electrons. The summed E-state index contributed by atoms with van der Waals surface area (Å²) in [4.78, 5) is 4.22. The van der Waals surface area contributed by atoms with Crippen molar-refractivity contribution in [2.45, 2.75) is 20.8 Å². The van der Waals surface area contributed by atoms with E-state index < -0.39 is 0 Å². The molecular formula is C10H13N. The summed E-state index contributed by atoms with van der Waals surface area (Å²) >= 11 is 0. The Hall–Kier alpha value is -1.11. The fourth-order valence-corrected chi connectivity index (χ4v) is 1.09. The minimum atomic E-state index is 1.07. The maximum Gasteiger partial charge on any atom is 0.0654 e. The molecule has 0 unspecified atom stereocenters. The van der Waals surface area contributed by atoms with E-state index in [9.17, 15) is 0 Å². The molecule has 0 aromatic heterocycles. The molecule has 0 aliphatic heterocycles. The van der Waals surface area contributed by atoms with E-state index >= 15 is 0 Å². The first-order valence-electron chi connectivity index (χ1n) is 3.80. The Morgan fingerprint density at radius 1 is 1.27 bits per heavy atom. The first kappa shape index (κ1) is 7.99. The molecule has 0 N–H and O–H groups in total. The molecule has 11 heavy (non-hydrogen) atoms. The zero-order valence-electron chi connectivity index (χ0n) is 7.26. The molecule has 0 fully saturated rings. The van der Waals surface area contributed by atoms with Crippen LogP contribution in [0.15, 0.2) is 23.2 Å². The number of hydrogen-bond donors (Lipinski definition) is 0. The Balaban J connectivity index is 3.09. The van der Waals surface area contributed by atoms with Crippen molar-refractivity contribution >= 4 is 11.9 Å². The molecule has 0 heterocycles. The Kier molecular flexibility index (Phi) is 2.42. The van der Waals surface area contributed by atoms with E-state index in [4.69, 9.17) is 0 Å². The third kappa shape index (κ3) is 1.90. The second-order valence-electron chi connectivity index (χ2n) is 2.68. The lowest BCUT2D eigenvalue weighted by atomic mass is 10.1. The Morgan fingerprint density at radius 3 is 2.55 bits per heavy atom. The van der Waals surface area contributed by atoms with E-state index in [1.54, 1.807) is 0 Å². The minimum absolute atomic E-state index is 1.07. The van der Waals surface area contributed by atoms with E-state index in [0.717, 1.165) is 5.69 Å². The summed E-state index contributed by atoms with van der Waals surface area (Å²) in [6.07, 6.45) is 1.82. The molecule has 0 atom stereocenters. The predicted molar refractivity (Wildman–Crippen MR) is 49.7 cm³/mol. The SMILES string of the molecule is CC=Nc1ccc(C)cc1C. The minimum Gasteiger partial charge on any atom is -0.261 e. The Morgan fingerprint density at radius 2 is 2.00 bits per heavy atom. The van der Waals surface area contributed by atoms with Crippen molar-refractivity contribution in [1.82, 2.24) is 0 Å². The molecule has 0 bridgehead atoms. The highest BCUT2D eigenvalue weighted by molar-refractivity contribution is 5.62. The number of hydrogen-bond acceptors (Lipinski definition) is 1. The number of aryl methyl sites for hydroxylation is 2. The van der Waals surface area contributed by atoms with E-state index in [-0.39, 0.29) is 0 Å². The molecule has 1 heteroatoms. The smallest absolute Gasteiger partial charge is 0.0654 e. The molecule has 0 saturated carbocycles. The average molecular weight is 147 g/mol. The molecule has 0 aliphatic rings. The van der Waals surface area contributed by atoms with Crippen molar-refractivity contribution in [2.75, 3.05) is 0 Å². The summed E-state index contributed by atoms with van der Waals surface area (Å²) in [5.41, 5.74) is 3.60. The van der Waals surface area contributed by atoms with Crippen molar-refractivity contribution in [2.24, 2.45) is 4.99 Å². The topological polar surface area (TPSA) is 12.4 Å². The van der Waals surface area contributed by atoms with Gasteiger partial charge in [-0.15, -0.1) is 0 Å². The molecule has 0 aliphatic carbocycles. The Bertz CT molecular complexity index is 274. The van der Waals surface area contributed by atoms with Crippen LogP contribution in [0, 0.1) is 13.8 Å². The summed E-state index contributed by atoms with van der Waals surface area (Å²) in [5.74, 6) is 0. The van der Waals surface area contributed by atoms with Crippen LogP contribution in [0.4, 0.5) is 5.69 Å². The van der Waals surface area contributed by atoms with Crippen LogP contribution in [0.2, 0.25) is 0 Å². The van der Waals surface area contributed by atoms with Crippen molar-refractivity contribution in [3.8, 4) is 0 Å². The first-order valence-corrected chi connectivity index (χ1v) is 3.80. The van der Waals surface area contributed by atoms with Gasteiger partial charge in [-0.1, -0.05) is 17.7 Å². The van der Waals surface area contributed by atoms with Crippen molar-refractivity contribution in [3.05, 3.63) is 29.3 Å².